The van der Waals surface area contributed by atoms with Crippen LogP contribution in [-0.4, -0.2) is 5.78 Å². The molecule has 3 nitrogen and oxygen atoms in total. The minimum atomic E-state index is 0.0555. The van der Waals surface area contributed by atoms with Gasteiger partial charge < -0.3 is 5.32 Å². The monoisotopic (exact) mass is 236 g/mol. The predicted octanol–water partition coefficient (Wildman–Crippen LogP) is 3.50. The summed E-state index contributed by atoms with van der Waals surface area (Å²) in [5, 5.41) is 11.9. The molecule has 88 valence electrons. The molecular weight excluding hydrogens is 224 g/mol. The van der Waals surface area contributed by atoms with E-state index in [9.17, 15) is 4.79 Å². The lowest BCUT2D eigenvalue weighted by Gasteiger charge is -2.06. The molecule has 2 aromatic rings. The lowest BCUT2D eigenvalue weighted by molar-refractivity contribution is 0.101. The van der Waals surface area contributed by atoms with Gasteiger partial charge in [0.15, 0.2) is 5.78 Å². The molecule has 0 radical (unpaired) electrons. The van der Waals surface area contributed by atoms with Gasteiger partial charge in [0.25, 0.3) is 0 Å². The van der Waals surface area contributed by atoms with E-state index in [1.54, 1.807) is 31.2 Å². The molecule has 0 aromatic heterocycles. The number of nitrogens with zero attached hydrogens (tertiary/aromatic N) is 1. The maximum absolute atomic E-state index is 11.1. The van der Waals surface area contributed by atoms with Gasteiger partial charge >= 0.3 is 0 Å². The van der Waals surface area contributed by atoms with E-state index in [2.05, 4.69) is 11.4 Å². The van der Waals surface area contributed by atoms with Gasteiger partial charge in [-0.15, -0.1) is 0 Å². The first kappa shape index (κ1) is 11.9. The summed E-state index contributed by atoms with van der Waals surface area (Å²) in [5.41, 5.74) is 3.14. The van der Waals surface area contributed by atoms with Crippen molar-refractivity contribution in [2.24, 2.45) is 0 Å². The summed E-state index contributed by atoms with van der Waals surface area (Å²) < 4.78 is 0. The highest BCUT2D eigenvalue weighted by Crippen LogP contribution is 2.17. The van der Waals surface area contributed by atoms with Gasteiger partial charge in [-0.25, -0.2) is 0 Å². The van der Waals surface area contributed by atoms with Crippen molar-refractivity contribution in [3.8, 4) is 6.07 Å². The lowest BCUT2D eigenvalue weighted by atomic mass is 10.1. The highest BCUT2D eigenvalue weighted by molar-refractivity contribution is 5.94. The van der Waals surface area contributed by atoms with Crippen LogP contribution in [0.3, 0.4) is 0 Å². The number of Topliss-reactive ketones (excluding diaryl/α,β-unsaturated/α-hetero) is 1. The number of benzene rings is 2. The topological polar surface area (TPSA) is 52.9 Å². The van der Waals surface area contributed by atoms with Crippen molar-refractivity contribution in [2.45, 2.75) is 6.92 Å². The summed E-state index contributed by atoms with van der Waals surface area (Å²) in [5.74, 6) is 0.0555. The van der Waals surface area contributed by atoms with E-state index in [-0.39, 0.29) is 5.78 Å². The van der Waals surface area contributed by atoms with Crippen molar-refractivity contribution in [3.05, 3.63) is 59.7 Å². The number of nitrogens with one attached hydrogen (secondary N) is 1. The molecule has 0 aliphatic carbocycles. The standard InChI is InChI=1S/C15H12N2O/c1-11(18)13-4-8-15(9-5-13)17-14-6-2-12(10-16)3-7-14/h2-9,17H,1H3. The quantitative estimate of drug-likeness (QED) is 0.830. The van der Waals surface area contributed by atoms with Crippen LogP contribution in [-0.2, 0) is 0 Å². The van der Waals surface area contributed by atoms with E-state index >= 15 is 0 Å². The number of carbonyl (C=O) groups excluding carboxylic acids is 1. The molecule has 0 aliphatic heterocycles. The smallest absolute Gasteiger partial charge is 0.159 e. The second kappa shape index (κ2) is 5.15. The largest absolute Gasteiger partial charge is 0.356 e. The van der Waals surface area contributed by atoms with Crippen LogP contribution < -0.4 is 5.32 Å². The van der Waals surface area contributed by atoms with E-state index in [1.807, 2.05) is 24.3 Å². The van der Waals surface area contributed by atoms with Crippen LogP contribution in [0.25, 0.3) is 0 Å². The fourth-order valence-electron chi connectivity index (χ4n) is 1.58. The highest BCUT2D eigenvalue weighted by atomic mass is 16.1. The number of ketones is 1. The minimum absolute atomic E-state index is 0.0555. The molecule has 2 aromatic carbocycles. The molecule has 0 unspecified atom stereocenters. The van der Waals surface area contributed by atoms with E-state index in [1.165, 1.54) is 0 Å². The highest BCUT2D eigenvalue weighted by Gasteiger charge is 1.99. The van der Waals surface area contributed by atoms with Crippen LogP contribution in [0.15, 0.2) is 48.5 Å². The van der Waals surface area contributed by atoms with Crippen molar-refractivity contribution in [1.29, 1.82) is 5.26 Å². The fourth-order valence-corrected chi connectivity index (χ4v) is 1.58. The van der Waals surface area contributed by atoms with Crippen molar-refractivity contribution in [1.82, 2.24) is 0 Å². The summed E-state index contributed by atoms with van der Waals surface area (Å²) in [6, 6.07) is 16.6. The van der Waals surface area contributed by atoms with E-state index in [4.69, 9.17) is 5.26 Å². The Bertz CT molecular complexity index is 592. The molecule has 0 heterocycles. The predicted molar refractivity (Wildman–Crippen MR) is 70.9 cm³/mol. The molecule has 0 bridgehead atoms. The van der Waals surface area contributed by atoms with Crippen LogP contribution in [0.5, 0.6) is 0 Å². The molecule has 18 heavy (non-hydrogen) atoms. The van der Waals surface area contributed by atoms with Crippen molar-refractivity contribution < 1.29 is 4.79 Å². The van der Waals surface area contributed by atoms with Crippen molar-refractivity contribution in [3.63, 3.8) is 0 Å². The van der Waals surface area contributed by atoms with Gasteiger partial charge in [-0.05, 0) is 55.5 Å². The summed E-state index contributed by atoms with van der Waals surface area (Å²) in [6.45, 7) is 1.54. The molecule has 0 spiro atoms. The van der Waals surface area contributed by atoms with E-state index in [0.717, 1.165) is 11.4 Å². The first-order valence-corrected chi connectivity index (χ1v) is 5.57. The van der Waals surface area contributed by atoms with Crippen LogP contribution in [0, 0.1) is 11.3 Å². The molecule has 1 N–H and O–H groups in total. The zero-order chi connectivity index (χ0) is 13.0. The zero-order valence-corrected chi connectivity index (χ0v) is 9.97. The van der Waals surface area contributed by atoms with Crippen molar-refractivity contribution in [2.75, 3.05) is 5.32 Å². The second-order valence-corrected chi connectivity index (χ2v) is 3.95. The normalized spacial score (nSPS) is 9.56. The Kier molecular flexibility index (Phi) is 3.40. The van der Waals surface area contributed by atoms with Crippen LogP contribution in [0.1, 0.15) is 22.8 Å². The Balaban J connectivity index is 2.13. The Labute approximate surface area is 106 Å². The number of hydrogen-bond acceptors (Lipinski definition) is 3. The molecule has 0 amide bonds. The Hall–Kier alpha value is -2.60. The third kappa shape index (κ3) is 2.74. The van der Waals surface area contributed by atoms with Gasteiger partial charge in [-0.3, -0.25) is 4.79 Å². The lowest BCUT2D eigenvalue weighted by Crippen LogP contribution is -1.94. The summed E-state index contributed by atoms with van der Waals surface area (Å²) in [7, 11) is 0. The average Bonchev–Trinajstić information content (AvgIpc) is 2.40. The van der Waals surface area contributed by atoms with Gasteiger partial charge in [0, 0.05) is 16.9 Å². The van der Waals surface area contributed by atoms with Crippen LogP contribution in [0.2, 0.25) is 0 Å². The van der Waals surface area contributed by atoms with Crippen molar-refractivity contribution >= 4 is 17.2 Å². The summed E-state index contributed by atoms with van der Waals surface area (Å²) in [6.07, 6.45) is 0. The molecule has 0 saturated heterocycles. The Morgan fingerprint density at radius 1 is 1.00 bits per heavy atom. The maximum Gasteiger partial charge on any atom is 0.159 e. The number of nitriles is 1. The molecule has 0 saturated carbocycles. The molecule has 2 rings (SSSR count). The van der Waals surface area contributed by atoms with Crippen LogP contribution >= 0.6 is 0 Å². The third-order valence-corrected chi connectivity index (χ3v) is 2.59. The van der Waals surface area contributed by atoms with Gasteiger partial charge in [0.1, 0.15) is 0 Å². The maximum atomic E-state index is 11.1. The molecule has 0 fully saturated rings. The SMILES string of the molecule is CC(=O)c1ccc(Nc2ccc(C#N)cc2)cc1. The number of carbonyl (C=O) groups is 1. The Morgan fingerprint density at radius 2 is 1.50 bits per heavy atom. The summed E-state index contributed by atoms with van der Waals surface area (Å²) in [4.78, 5) is 11.1. The first-order chi connectivity index (χ1) is 8.69. The zero-order valence-electron chi connectivity index (χ0n) is 9.97. The Morgan fingerprint density at radius 3 is 1.94 bits per heavy atom. The van der Waals surface area contributed by atoms with E-state index < -0.39 is 0 Å². The molecular formula is C15H12N2O. The van der Waals surface area contributed by atoms with E-state index in [0.29, 0.717) is 11.1 Å². The van der Waals surface area contributed by atoms with Gasteiger partial charge in [-0.2, -0.15) is 5.26 Å². The van der Waals surface area contributed by atoms with Gasteiger partial charge in [-0.1, -0.05) is 0 Å². The van der Waals surface area contributed by atoms with Crippen LogP contribution in [0.4, 0.5) is 11.4 Å². The first-order valence-electron chi connectivity index (χ1n) is 5.57. The van der Waals surface area contributed by atoms with Gasteiger partial charge in [0.05, 0.1) is 11.6 Å². The fraction of sp³-hybridized carbons (Fsp3) is 0.0667. The second-order valence-electron chi connectivity index (χ2n) is 3.95. The number of hydrogen-bond donors (Lipinski definition) is 1. The minimum Gasteiger partial charge on any atom is -0.356 e. The molecule has 0 atom stereocenters. The molecule has 3 heteroatoms. The number of rotatable bonds is 3. The average molecular weight is 236 g/mol. The third-order valence-electron chi connectivity index (χ3n) is 2.59. The summed E-state index contributed by atoms with van der Waals surface area (Å²) >= 11 is 0. The van der Waals surface area contributed by atoms with Gasteiger partial charge in [0.2, 0.25) is 0 Å². The molecule has 0 aliphatic rings. The number of anilines is 2.